The number of carbonyl (C=O) groups excluding carboxylic acids is 1. The third kappa shape index (κ3) is 2.75. The molecule has 0 aliphatic rings. The molecular formula is C17H18N2O3S. The molecule has 2 heterocycles. The van der Waals surface area contributed by atoms with Crippen molar-refractivity contribution in [3.05, 3.63) is 45.6 Å². The van der Waals surface area contributed by atoms with Gasteiger partial charge in [-0.2, -0.15) is 0 Å². The van der Waals surface area contributed by atoms with Gasteiger partial charge in [0.05, 0.1) is 23.6 Å². The van der Waals surface area contributed by atoms with Gasteiger partial charge in [-0.3, -0.25) is 4.79 Å². The van der Waals surface area contributed by atoms with E-state index in [9.17, 15) is 9.59 Å². The molecule has 2 aromatic heterocycles. The Kier molecular flexibility index (Phi) is 4.19. The number of thiophene rings is 1. The van der Waals surface area contributed by atoms with E-state index in [1.165, 1.54) is 7.11 Å². The molecule has 3 aromatic rings. The fourth-order valence-corrected chi connectivity index (χ4v) is 3.58. The lowest BCUT2D eigenvalue weighted by atomic mass is 10.1. The first-order chi connectivity index (χ1) is 11.0. The molecule has 0 saturated carbocycles. The monoisotopic (exact) mass is 330 g/mol. The highest BCUT2D eigenvalue weighted by atomic mass is 32.1. The largest absolute Gasteiger partial charge is 0.465 e. The lowest BCUT2D eigenvalue weighted by Gasteiger charge is -2.15. The molecular weight excluding hydrogens is 312 g/mol. The molecule has 5 nitrogen and oxygen atoms in total. The number of carbonyl (C=O) groups is 1. The Bertz CT molecular complexity index is 940. The molecule has 0 aliphatic heterocycles. The average molecular weight is 330 g/mol. The number of fused-ring (bicyclic) bond motifs is 3. The molecule has 0 aliphatic carbocycles. The second-order valence-electron chi connectivity index (χ2n) is 5.65. The van der Waals surface area contributed by atoms with Gasteiger partial charge in [0.1, 0.15) is 0 Å². The number of rotatable bonds is 4. The van der Waals surface area contributed by atoms with Gasteiger partial charge in [0, 0.05) is 23.2 Å². The van der Waals surface area contributed by atoms with Gasteiger partial charge in [0.2, 0.25) is 0 Å². The summed E-state index contributed by atoms with van der Waals surface area (Å²) in [5, 5.41) is 3.64. The molecule has 120 valence electrons. The van der Waals surface area contributed by atoms with Crippen molar-refractivity contribution in [3.8, 4) is 0 Å². The molecule has 3 rings (SSSR count). The average Bonchev–Trinajstić information content (AvgIpc) is 3.03. The van der Waals surface area contributed by atoms with Crippen LogP contribution in [-0.2, 0) is 11.3 Å². The zero-order valence-corrected chi connectivity index (χ0v) is 14.1. The van der Waals surface area contributed by atoms with Gasteiger partial charge in [0.25, 0.3) is 5.56 Å². The molecule has 1 aromatic carbocycles. The van der Waals surface area contributed by atoms with Gasteiger partial charge >= 0.3 is 5.97 Å². The number of ether oxygens (including phenoxy) is 1. The number of benzene rings is 1. The van der Waals surface area contributed by atoms with E-state index in [2.05, 4.69) is 0 Å². The number of aromatic nitrogens is 1. The van der Waals surface area contributed by atoms with Crippen molar-refractivity contribution in [2.24, 2.45) is 0 Å². The van der Waals surface area contributed by atoms with Crippen LogP contribution in [0.2, 0.25) is 0 Å². The number of nitrogens with zero attached hydrogens (tertiary/aromatic N) is 2. The molecule has 0 bridgehead atoms. The third-order valence-electron chi connectivity index (χ3n) is 3.87. The van der Waals surface area contributed by atoms with Gasteiger partial charge in [-0.1, -0.05) is 6.07 Å². The van der Waals surface area contributed by atoms with Crippen LogP contribution in [0.3, 0.4) is 0 Å². The van der Waals surface area contributed by atoms with Crippen LogP contribution in [0.4, 0.5) is 0 Å². The van der Waals surface area contributed by atoms with Gasteiger partial charge < -0.3 is 14.2 Å². The Hall–Kier alpha value is -2.18. The molecule has 0 fully saturated rings. The summed E-state index contributed by atoms with van der Waals surface area (Å²) in [6.07, 6.45) is 0. The smallest absolute Gasteiger partial charge is 0.337 e. The number of pyridine rings is 1. The summed E-state index contributed by atoms with van der Waals surface area (Å²) in [6, 6.07) is 7.25. The van der Waals surface area contributed by atoms with E-state index >= 15 is 0 Å². The van der Waals surface area contributed by atoms with E-state index < -0.39 is 5.97 Å². The second-order valence-corrected chi connectivity index (χ2v) is 6.56. The Morgan fingerprint density at radius 1 is 1.26 bits per heavy atom. The molecule has 0 amide bonds. The van der Waals surface area contributed by atoms with Gasteiger partial charge in [-0.25, -0.2) is 4.79 Å². The van der Waals surface area contributed by atoms with Crippen LogP contribution < -0.4 is 5.56 Å². The minimum atomic E-state index is -0.398. The van der Waals surface area contributed by atoms with Crippen LogP contribution in [0.25, 0.3) is 21.0 Å². The van der Waals surface area contributed by atoms with Crippen molar-refractivity contribution in [2.75, 3.05) is 27.7 Å². The Balaban J connectivity index is 2.31. The highest BCUT2D eigenvalue weighted by Crippen LogP contribution is 2.28. The van der Waals surface area contributed by atoms with Crippen molar-refractivity contribution in [1.29, 1.82) is 0 Å². The fraction of sp³-hybridized carbons (Fsp3) is 0.294. The van der Waals surface area contributed by atoms with Crippen molar-refractivity contribution in [2.45, 2.75) is 6.54 Å². The first-order valence-electron chi connectivity index (χ1n) is 7.29. The standard InChI is InChI=1S/C17H18N2O3S/c1-18(2)7-8-19-14-10-11(17(21)22-3)4-5-12(14)15-13(16(19)20)6-9-23-15/h4-6,9-10H,7-8H2,1-3H3. The van der Waals surface area contributed by atoms with Crippen LogP contribution in [0.5, 0.6) is 0 Å². The number of hydrogen-bond donors (Lipinski definition) is 0. The van der Waals surface area contributed by atoms with Crippen LogP contribution in [-0.4, -0.2) is 43.2 Å². The SMILES string of the molecule is COC(=O)c1ccc2c3sccc3c(=O)n(CCN(C)C)c2c1. The minimum absolute atomic E-state index is 0.0161. The predicted octanol–water partition coefficient (Wildman–Crippen LogP) is 2.56. The summed E-state index contributed by atoms with van der Waals surface area (Å²) >= 11 is 1.54. The second kappa shape index (κ2) is 6.14. The normalized spacial score (nSPS) is 11.5. The van der Waals surface area contributed by atoms with Crippen LogP contribution in [0.15, 0.2) is 34.4 Å². The zero-order valence-electron chi connectivity index (χ0n) is 13.3. The lowest BCUT2D eigenvalue weighted by molar-refractivity contribution is 0.0601. The summed E-state index contributed by atoms with van der Waals surface area (Å²) in [5.74, 6) is -0.398. The van der Waals surface area contributed by atoms with Gasteiger partial charge in [-0.15, -0.1) is 11.3 Å². The molecule has 0 N–H and O–H groups in total. The van der Waals surface area contributed by atoms with E-state index in [-0.39, 0.29) is 5.56 Å². The Labute approximate surface area is 137 Å². The molecule has 0 spiro atoms. The molecule has 0 radical (unpaired) electrons. The van der Waals surface area contributed by atoms with E-state index in [0.717, 1.165) is 27.5 Å². The summed E-state index contributed by atoms with van der Waals surface area (Å²) in [7, 11) is 5.29. The van der Waals surface area contributed by atoms with E-state index in [1.807, 2.05) is 36.5 Å². The first kappa shape index (κ1) is 15.7. The zero-order chi connectivity index (χ0) is 16.6. The predicted molar refractivity (Wildman–Crippen MR) is 93.5 cm³/mol. The van der Waals surface area contributed by atoms with E-state index in [4.69, 9.17) is 4.74 Å². The van der Waals surface area contributed by atoms with Crippen LogP contribution in [0, 0.1) is 0 Å². The maximum Gasteiger partial charge on any atom is 0.337 e. The maximum absolute atomic E-state index is 12.8. The summed E-state index contributed by atoms with van der Waals surface area (Å²) < 4.78 is 7.50. The lowest BCUT2D eigenvalue weighted by Crippen LogP contribution is -2.27. The van der Waals surface area contributed by atoms with E-state index in [0.29, 0.717) is 12.1 Å². The molecule has 6 heteroatoms. The summed E-state index contributed by atoms with van der Waals surface area (Å²) in [4.78, 5) is 26.6. The Morgan fingerprint density at radius 3 is 2.74 bits per heavy atom. The number of hydrogen-bond acceptors (Lipinski definition) is 5. The highest BCUT2D eigenvalue weighted by Gasteiger charge is 2.14. The van der Waals surface area contributed by atoms with Crippen LogP contribution in [0.1, 0.15) is 10.4 Å². The summed E-state index contributed by atoms with van der Waals surface area (Å²) in [5.41, 5.74) is 1.21. The van der Waals surface area contributed by atoms with Crippen molar-refractivity contribution in [3.63, 3.8) is 0 Å². The quantitative estimate of drug-likeness (QED) is 0.690. The maximum atomic E-state index is 12.8. The van der Waals surface area contributed by atoms with Crippen molar-refractivity contribution < 1.29 is 9.53 Å². The molecule has 0 unspecified atom stereocenters. The fourth-order valence-electron chi connectivity index (χ4n) is 2.65. The molecule has 0 saturated heterocycles. The minimum Gasteiger partial charge on any atom is -0.465 e. The number of esters is 1. The first-order valence-corrected chi connectivity index (χ1v) is 8.17. The van der Waals surface area contributed by atoms with Crippen molar-refractivity contribution in [1.82, 2.24) is 9.47 Å². The highest BCUT2D eigenvalue weighted by molar-refractivity contribution is 7.18. The van der Waals surface area contributed by atoms with Crippen LogP contribution >= 0.6 is 11.3 Å². The number of likely N-dealkylation sites (N-methyl/N-ethyl adjacent to an activating group) is 1. The van der Waals surface area contributed by atoms with Gasteiger partial charge in [0.15, 0.2) is 0 Å². The Morgan fingerprint density at radius 2 is 2.04 bits per heavy atom. The molecule has 23 heavy (non-hydrogen) atoms. The van der Waals surface area contributed by atoms with E-state index in [1.54, 1.807) is 28.0 Å². The van der Waals surface area contributed by atoms with Gasteiger partial charge in [-0.05, 0) is 37.7 Å². The topological polar surface area (TPSA) is 51.5 Å². The van der Waals surface area contributed by atoms with Crippen molar-refractivity contribution >= 4 is 38.3 Å². The third-order valence-corrected chi connectivity index (χ3v) is 4.81. The number of methoxy groups -OCH3 is 1. The summed E-state index contributed by atoms with van der Waals surface area (Å²) in [6.45, 7) is 1.31. The molecule has 0 atom stereocenters.